The van der Waals surface area contributed by atoms with Gasteiger partial charge in [0.15, 0.2) is 11.5 Å². The topological polar surface area (TPSA) is 58.8 Å². The number of fused-ring (bicyclic) bond motifs is 1. The fourth-order valence-corrected chi connectivity index (χ4v) is 4.25. The van der Waals surface area contributed by atoms with E-state index in [9.17, 15) is 4.79 Å². The van der Waals surface area contributed by atoms with Crippen LogP contribution in [0.15, 0.2) is 46.9 Å². The molecule has 2 heterocycles. The molecule has 0 unspecified atom stereocenters. The summed E-state index contributed by atoms with van der Waals surface area (Å²) in [6.45, 7) is 7.98. The third-order valence-electron chi connectivity index (χ3n) is 5.97. The molecule has 1 amide bonds. The summed E-state index contributed by atoms with van der Waals surface area (Å²) in [5.41, 5.74) is 3.19. The van der Waals surface area contributed by atoms with Crippen molar-refractivity contribution in [3.63, 3.8) is 0 Å². The van der Waals surface area contributed by atoms with E-state index in [-0.39, 0.29) is 5.91 Å². The minimum absolute atomic E-state index is 0.0691. The lowest BCUT2D eigenvalue weighted by atomic mass is 10.1. The number of amides is 1. The van der Waals surface area contributed by atoms with Gasteiger partial charge in [0.1, 0.15) is 11.3 Å². The summed E-state index contributed by atoms with van der Waals surface area (Å²) in [7, 11) is 1.65. The van der Waals surface area contributed by atoms with Crippen LogP contribution in [0.4, 0.5) is 0 Å². The molecule has 1 atom stereocenters. The Morgan fingerprint density at radius 3 is 2.67 bits per heavy atom. The molecule has 6 nitrogen and oxygen atoms in total. The predicted molar refractivity (Wildman–Crippen MR) is 117 cm³/mol. The van der Waals surface area contributed by atoms with Crippen LogP contribution in [-0.2, 0) is 6.42 Å². The lowest BCUT2D eigenvalue weighted by Crippen LogP contribution is -2.38. The second kappa shape index (κ2) is 8.88. The molecule has 0 saturated carbocycles. The average Bonchev–Trinajstić information content (AvgIpc) is 3.41. The first-order chi connectivity index (χ1) is 14.6. The molecule has 1 aliphatic heterocycles. The summed E-state index contributed by atoms with van der Waals surface area (Å²) in [5, 5.41) is 0. The Bertz CT molecular complexity index is 1010. The number of oxazole rings is 1. The number of likely N-dealkylation sites (tertiary alicyclic amines) is 1. The van der Waals surface area contributed by atoms with Crippen LogP contribution in [-0.4, -0.2) is 60.0 Å². The first kappa shape index (κ1) is 20.4. The highest BCUT2D eigenvalue weighted by Gasteiger charge is 2.29. The van der Waals surface area contributed by atoms with Crippen molar-refractivity contribution in [2.75, 3.05) is 33.3 Å². The second-order valence-electron chi connectivity index (χ2n) is 7.73. The van der Waals surface area contributed by atoms with Gasteiger partial charge in [0.2, 0.25) is 0 Å². The van der Waals surface area contributed by atoms with E-state index in [2.05, 4.69) is 23.7 Å². The number of nitrogens with zero attached hydrogens (tertiary/aromatic N) is 3. The maximum absolute atomic E-state index is 13.0. The lowest BCUT2D eigenvalue weighted by molar-refractivity contribution is 0.0778. The minimum Gasteiger partial charge on any atom is -0.497 e. The average molecular weight is 408 g/mol. The van der Waals surface area contributed by atoms with Gasteiger partial charge in [-0.3, -0.25) is 9.69 Å². The molecular weight excluding hydrogens is 378 g/mol. The second-order valence-corrected chi connectivity index (χ2v) is 7.73. The van der Waals surface area contributed by atoms with Gasteiger partial charge in [0.25, 0.3) is 5.91 Å². The largest absolute Gasteiger partial charge is 0.497 e. The van der Waals surface area contributed by atoms with Gasteiger partial charge in [-0.25, -0.2) is 4.98 Å². The Hall–Kier alpha value is -2.86. The summed E-state index contributed by atoms with van der Waals surface area (Å²) in [5.74, 6) is 1.53. The summed E-state index contributed by atoms with van der Waals surface area (Å²) in [4.78, 5) is 22.0. The molecule has 1 saturated heterocycles. The summed E-state index contributed by atoms with van der Waals surface area (Å²) >= 11 is 0. The number of benzene rings is 2. The highest BCUT2D eigenvalue weighted by atomic mass is 16.5. The van der Waals surface area contributed by atoms with E-state index in [4.69, 9.17) is 9.15 Å². The van der Waals surface area contributed by atoms with Crippen LogP contribution < -0.4 is 4.74 Å². The van der Waals surface area contributed by atoms with Crippen molar-refractivity contribution in [1.82, 2.24) is 14.8 Å². The molecular formula is C24H29N3O3. The van der Waals surface area contributed by atoms with Crippen LogP contribution in [0.25, 0.3) is 11.1 Å². The third kappa shape index (κ3) is 4.19. The van der Waals surface area contributed by atoms with Crippen molar-refractivity contribution in [2.24, 2.45) is 0 Å². The number of aromatic nitrogens is 1. The van der Waals surface area contributed by atoms with E-state index in [0.29, 0.717) is 29.5 Å². The van der Waals surface area contributed by atoms with Crippen molar-refractivity contribution in [1.29, 1.82) is 0 Å². The first-order valence-corrected chi connectivity index (χ1v) is 10.7. The van der Waals surface area contributed by atoms with Crippen LogP contribution in [0.3, 0.4) is 0 Å². The predicted octanol–water partition coefficient (Wildman–Crippen LogP) is 3.98. The molecule has 2 aromatic carbocycles. The Morgan fingerprint density at radius 2 is 1.97 bits per heavy atom. The molecule has 158 valence electrons. The van der Waals surface area contributed by atoms with Crippen LogP contribution in [0.1, 0.15) is 42.1 Å². The Kier molecular flexibility index (Phi) is 6.04. The van der Waals surface area contributed by atoms with Crippen LogP contribution in [0.2, 0.25) is 0 Å². The number of ether oxygens (including phenoxy) is 1. The minimum atomic E-state index is 0.0691. The Labute approximate surface area is 177 Å². The SMILES string of the molecule is CCN(CC)[C@H]1CCN(C(=O)c2ccc3nc(Cc4ccc(OC)cc4)oc3c2)C1. The maximum Gasteiger partial charge on any atom is 0.254 e. The lowest BCUT2D eigenvalue weighted by Gasteiger charge is -2.26. The van der Waals surface area contributed by atoms with E-state index in [1.165, 1.54) is 0 Å². The van der Waals surface area contributed by atoms with Crippen molar-refractivity contribution in [3.05, 3.63) is 59.5 Å². The van der Waals surface area contributed by atoms with Crippen molar-refractivity contribution < 1.29 is 13.9 Å². The quantitative estimate of drug-likeness (QED) is 0.593. The highest BCUT2D eigenvalue weighted by molar-refractivity contribution is 5.97. The number of rotatable bonds is 7. The monoisotopic (exact) mass is 407 g/mol. The van der Waals surface area contributed by atoms with E-state index in [0.717, 1.165) is 49.4 Å². The van der Waals surface area contributed by atoms with Crippen molar-refractivity contribution >= 4 is 17.0 Å². The standard InChI is InChI=1S/C24H29N3O3/c1-4-26(5-2)19-12-13-27(16-19)24(28)18-8-11-21-22(15-18)30-23(25-21)14-17-6-9-20(29-3)10-7-17/h6-11,15,19H,4-5,12-14,16H2,1-3H3/t19-/m0/s1. The molecule has 0 aliphatic carbocycles. The number of hydrogen-bond acceptors (Lipinski definition) is 5. The van der Waals surface area contributed by atoms with Gasteiger partial charge in [-0.15, -0.1) is 0 Å². The molecule has 0 spiro atoms. The zero-order valence-electron chi connectivity index (χ0n) is 17.9. The van der Waals surface area contributed by atoms with Gasteiger partial charge < -0.3 is 14.1 Å². The van der Waals surface area contributed by atoms with E-state index < -0.39 is 0 Å². The molecule has 3 aromatic rings. The van der Waals surface area contributed by atoms with Gasteiger partial charge in [0, 0.05) is 31.1 Å². The molecule has 30 heavy (non-hydrogen) atoms. The normalized spacial score (nSPS) is 16.5. The molecule has 1 aromatic heterocycles. The molecule has 0 radical (unpaired) electrons. The Balaban J connectivity index is 1.47. The molecule has 0 N–H and O–H groups in total. The number of likely N-dealkylation sites (N-methyl/N-ethyl adjacent to an activating group) is 1. The fraction of sp³-hybridized carbons (Fsp3) is 0.417. The van der Waals surface area contributed by atoms with Gasteiger partial charge >= 0.3 is 0 Å². The number of carbonyl (C=O) groups is 1. The van der Waals surface area contributed by atoms with Gasteiger partial charge in [-0.2, -0.15) is 0 Å². The molecule has 4 rings (SSSR count). The van der Waals surface area contributed by atoms with Gasteiger partial charge in [0.05, 0.1) is 7.11 Å². The van der Waals surface area contributed by atoms with Crippen LogP contribution >= 0.6 is 0 Å². The summed E-state index contributed by atoms with van der Waals surface area (Å²) in [6, 6.07) is 13.9. The van der Waals surface area contributed by atoms with Crippen LogP contribution in [0, 0.1) is 0 Å². The molecule has 1 fully saturated rings. The van der Waals surface area contributed by atoms with Crippen molar-refractivity contribution in [3.8, 4) is 5.75 Å². The smallest absolute Gasteiger partial charge is 0.254 e. The first-order valence-electron chi connectivity index (χ1n) is 10.7. The summed E-state index contributed by atoms with van der Waals surface area (Å²) in [6.07, 6.45) is 1.63. The molecule has 0 bridgehead atoms. The summed E-state index contributed by atoms with van der Waals surface area (Å²) < 4.78 is 11.2. The fourth-order valence-electron chi connectivity index (χ4n) is 4.25. The van der Waals surface area contributed by atoms with E-state index in [1.807, 2.05) is 47.4 Å². The zero-order chi connectivity index (χ0) is 21.1. The van der Waals surface area contributed by atoms with Gasteiger partial charge in [-0.05, 0) is 55.4 Å². The van der Waals surface area contributed by atoms with Crippen LogP contribution in [0.5, 0.6) is 5.75 Å². The van der Waals surface area contributed by atoms with Crippen molar-refractivity contribution in [2.45, 2.75) is 32.7 Å². The van der Waals surface area contributed by atoms with E-state index >= 15 is 0 Å². The Morgan fingerprint density at radius 1 is 1.20 bits per heavy atom. The maximum atomic E-state index is 13.0. The molecule has 1 aliphatic rings. The zero-order valence-corrected chi connectivity index (χ0v) is 17.9. The number of carbonyl (C=O) groups excluding carboxylic acids is 1. The third-order valence-corrected chi connectivity index (χ3v) is 5.97. The molecule has 6 heteroatoms. The van der Waals surface area contributed by atoms with E-state index in [1.54, 1.807) is 7.11 Å². The number of methoxy groups -OCH3 is 1. The number of hydrogen-bond donors (Lipinski definition) is 0. The van der Waals surface area contributed by atoms with Gasteiger partial charge in [-0.1, -0.05) is 26.0 Å². The highest BCUT2D eigenvalue weighted by Crippen LogP contribution is 2.23.